The molecule has 5 rings (SSSR count). The minimum atomic E-state index is -0.569. The lowest BCUT2D eigenvalue weighted by Crippen LogP contribution is -2.39. The summed E-state index contributed by atoms with van der Waals surface area (Å²) in [5.41, 5.74) is 2.87. The van der Waals surface area contributed by atoms with E-state index in [0.717, 1.165) is 24.4 Å². The summed E-state index contributed by atoms with van der Waals surface area (Å²) in [6, 6.07) is 27.0. The minimum Gasteiger partial charge on any atom is -0.486 e. The van der Waals surface area contributed by atoms with Crippen LogP contribution in [0.25, 0.3) is 10.8 Å². The Morgan fingerprint density at radius 3 is 2.72 bits per heavy atom. The van der Waals surface area contributed by atoms with E-state index in [0.29, 0.717) is 12.2 Å². The van der Waals surface area contributed by atoms with Crippen molar-refractivity contribution < 1.29 is 18.7 Å². The molecular weight excluding hydrogens is 455 g/mol. The summed E-state index contributed by atoms with van der Waals surface area (Å²) in [5, 5.41) is 6.12. The first-order valence-corrected chi connectivity index (χ1v) is 12.2. The Balaban J connectivity index is 1.32. The van der Waals surface area contributed by atoms with Crippen LogP contribution in [0.3, 0.4) is 0 Å². The van der Waals surface area contributed by atoms with Crippen LogP contribution in [0.5, 0.6) is 5.75 Å². The van der Waals surface area contributed by atoms with Crippen molar-refractivity contribution in [1.29, 1.82) is 0 Å². The van der Waals surface area contributed by atoms with Crippen LogP contribution in [0.2, 0.25) is 0 Å². The summed E-state index contributed by atoms with van der Waals surface area (Å²) >= 11 is 0. The third-order valence-electron chi connectivity index (χ3n) is 6.66. The number of nitrogens with one attached hydrogen (secondary N) is 1. The Kier molecular flexibility index (Phi) is 6.87. The standard InChI is InChI=1S/C30H29FN2O3/c1-20(26-11-7-9-21-8-3-4-10-27(21)26)32-15-14-25-19-33(28-12-5-6-13-29(28)36-25)24-17-22(30(34)35-2)16-23(31)18-24/h3-13,16-18,20,25,32H,14-15,19H2,1-2H3/t20-,25?/m1/s1. The van der Waals surface area contributed by atoms with Gasteiger partial charge >= 0.3 is 5.97 Å². The maximum atomic E-state index is 14.4. The number of hydrogen-bond acceptors (Lipinski definition) is 5. The maximum absolute atomic E-state index is 14.4. The summed E-state index contributed by atoms with van der Waals surface area (Å²) in [5.74, 6) is -0.320. The molecular formula is C30H29FN2O3. The van der Waals surface area contributed by atoms with Gasteiger partial charge in [0.15, 0.2) is 0 Å². The highest BCUT2D eigenvalue weighted by atomic mass is 19.1. The highest BCUT2D eigenvalue weighted by molar-refractivity contribution is 5.91. The normalized spacial score (nSPS) is 15.8. The quantitative estimate of drug-likeness (QED) is 0.308. The third-order valence-corrected chi connectivity index (χ3v) is 6.66. The summed E-state index contributed by atoms with van der Waals surface area (Å²) in [6.45, 7) is 3.46. The van der Waals surface area contributed by atoms with Crippen LogP contribution in [0.15, 0.2) is 84.9 Å². The van der Waals surface area contributed by atoms with Gasteiger partial charge in [0.1, 0.15) is 17.7 Å². The highest BCUT2D eigenvalue weighted by Gasteiger charge is 2.27. The van der Waals surface area contributed by atoms with Crippen molar-refractivity contribution in [3.8, 4) is 5.75 Å². The summed E-state index contributed by atoms with van der Waals surface area (Å²) in [6.07, 6.45) is 0.649. The number of nitrogens with zero attached hydrogens (tertiary/aromatic N) is 1. The third kappa shape index (κ3) is 4.90. The van der Waals surface area contributed by atoms with Crippen molar-refractivity contribution in [3.63, 3.8) is 0 Å². The van der Waals surface area contributed by atoms with Crippen molar-refractivity contribution in [2.45, 2.75) is 25.5 Å². The molecule has 0 fully saturated rings. The van der Waals surface area contributed by atoms with Crippen LogP contribution in [-0.2, 0) is 4.74 Å². The molecule has 4 aromatic rings. The second-order valence-electron chi connectivity index (χ2n) is 9.04. The fourth-order valence-electron chi connectivity index (χ4n) is 4.86. The van der Waals surface area contributed by atoms with Gasteiger partial charge in [0.05, 0.1) is 24.9 Å². The van der Waals surface area contributed by atoms with Gasteiger partial charge < -0.3 is 19.7 Å². The van der Waals surface area contributed by atoms with Crippen molar-refractivity contribution in [1.82, 2.24) is 5.32 Å². The number of halogens is 1. The molecule has 1 unspecified atom stereocenters. The van der Waals surface area contributed by atoms with E-state index in [9.17, 15) is 9.18 Å². The molecule has 0 radical (unpaired) electrons. The number of methoxy groups -OCH3 is 1. The van der Waals surface area contributed by atoms with E-state index >= 15 is 0 Å². The number of carbonyl (C=O) groups excluding carboxylic acids is 1. The number of anilines is 2. The molecule has 36 heavy (non-hydrogen) atoms. The molecule has 5 nitrogen and oxygen atoms in total. The number of carbonyl (C=O) groups is 1. The first kappa shape index (κ1) is 23.8. The topological polar surface area (TPSA) is 50.8 Å². The Labute approximate surface area is 210 Å². The average Bonchev–Trinajstić information content (AvgIpc) is 2.91. The van der Waals surface area contributed by atoms with Crippen LogP contribution in [-0.4, -0.2) is 32.3 Å². The van der Waals surface area contributed by atoms with E-state index in [2.05, 4.69) is 54.7 Å². The van der Waals surface area contributed by atoms with Gasteiger partial charge in [-0.15, -0.1) is 0 Å². The number of ether oxygens (including phenoxy) is 2. The highest BCUT2D eigenvalue weighted by Crippen LogP contribution is 2.39. The number of benzene rings is 4. The lowest BCUT2D eigenvalue weighted by atomic mass is 9.99. The fraction of sp³-hybridized carbons (Fsp3) is 0.233. The zero-order chi connectivity index (χ0) is 25.1. The van der Waals surface area contributed by atoms with E-state index in [1.165, 1.54) is 35.6 Å². The van der Waals surface area contributed by atoms with Crippen LogP contribution < -0.4 is 15.0 Å². The van der Waals surface area contributed by atoms with Crippen LogP contribution in [0.1, 0.15) is 35.3 Å². The summed E-state index contributed by atoms with van der Waals surface area (Å²) in [4.78, 5) is 14.1. The molecule has 0 saturated heterocycles. The zero-order valence-electron chi connectivity index (χ0n) is 20.4. The monoisotopic (exact) mass is 484 g/mol. The van der Waals surface area contributed by atoms with E-state index < -0.39 is 11.8 Å². The van der Waals surface area contributed by atoms with Crippen LogP contribution >= 0.6 is 0 Å². The molecule has 4 aromatic carbocycles. The molecule has 1 aliphatic heterocycles. The van der Waals surface area contributed by atoms with Crippen LogP contribution in [0, 0.1) is 5.82 Å². The molecule has 0 aromatic heterocycles. The molecule has 0 aliphatic carbocycles. The summed E-state index contributed by atoms with van der Waals surface area (Å²) < 4.78 is 25.5. The van der Waals surface area contributed by atoms with Crippen LogP contribution in [0.4, 0.5) is 15.8 Å². The second-order valence-corrected chi connectivity index (χ2v) is 9.04. The van der Waals surface area contributed by atoms with Gasteiger partial charge in [0.25, 0.3) is 0 Å². The molecule has 0 spiro atoms. The van der Waals surface area contributed by atoms with Crippen molar-refractivity contribution in [3.05, 3.63) is 102 Å². The zero-order valence-corrected chi connectivity index (χ0v) is 20.4. The number of rotatable bonds is 7. The average molecular weight is 485 g/mol. The molecule has 0 bridgehead atoms. The first-order valence-electron chi connectivity index (χ1n) is 12.2. The molecule has 0 saturated carbocycles. The molecule has 1 heterocycles. The second kappa shape index (κ2) is 10.4. The number of fused-ring (bicyclic) bond motifs is 2. The predicted molar refractivity (Wildman–Crippen MR) is 141 cm³/mol. The minimum absolute atomic E-state index is 0.114. The molecule has 1 aliphatic rings. The maximum Gasteiger partial charge on any atom is 0.338 e. The van der Waals surface area contributed by atoms with Crippen molar-refractivity contribution >= 4 is 28.1 Å². The van der Waals surface area contributed by atoms with Gasteiger partial charge in [-0.1, -0.05) is 54.6 Å². The van der Waals surface area contributed by atoms with Gasteiger partial charge in [-0.25, -0.2) is 9.18 Å². The van der Waals surface area contributed by atoms with E-state index in [1.54, 1.807) is 6.07 Å². The Hall–Kier alpha value is -3.90. The van der Waals surface area contributed by atoms with Gasteiger partial charge in [0, 0.05) is 11.7 Å². The van der Waals surface area contributed by atoms with Gasteiger partial charge in [-0.2, -0.15) is 0 Å². The molecule has 0 amide bonds. The first-order chi connectivity index (χ1) is 17.5. The molecule has 6 heteroatoms. The molecule has 184 valence electrons. The molecule has 2 atom stereocenters. The Morgan fingerprint density at radius 1 is 1.08 bits per heavy atom. The lowest BCUT2D eigenvalue weighted by molar-refractivity contribution is 0.0600. The smallest absolute Gasteiger partial charge is 0.338 e. The number of hydrogen-bond donors (Lipinski definition) is 1. The summed E-state index contributed by atoms with van der Waals surface area (Å²) in [7, 11) is 1.29. The number of para-hydroxylation sites is 2. The SMILES string of the molecule is COC(=O)c1cc(F)cc(N2CC(CCN[C@H](C)c3cccc4ccccc34)Oc3ccccc32)c1. The van der Waals surface area contributed by atoms with Crippen molar-refractivity contribution in [2.75, 3.05) is 25.1 Å². The van der Waals surface area contributed by atoms with Gasteiger partial charge in [-0.05, 0) is 66.6 Å². The number of esters is 1. The van der Waals surface area contributed by atoms with Gasteiger partial charge in [-0.3, -0.25) is 0 Å². The Bertz CT molecular complexity index is 1380. The molecule has 1 N–H and O–H groups in total. The largest absolute Gasteiger partial charge is 0.486 e. The van der Waals surface area contributed by atoms with Gasteiger partial charge in [0.2, 0.25) is 0 Å². The Morgan fingerprint density at radius 2 is 1.86 bits per heavy atom. The lowest BCUT2D eigenvalue weighted by Gasteiger charge is -2.36. The van der Waals surface area contributed by atoms with E-state index in [1.807, 2.05) is 29.2 Å². The van der Waals surface area contributed by atoms with E-state index in [4.69, 9.17) is 9.47 Å². The van der Waals surface area contributed by atoms with E-state index in [-0.39, 0.29) is 17.7 Å². The fourth-order valence-corrected chi connectivity index (χ4v) is 4.86. The predicted octanol–water partition coefficient (Wildman–Crippen LogP) is 6.41. The van der Waals surface area contributed by atoms with Crippen molar-refractivity contribution in [2.24, 2.45) is 0 Å².